The number of hydrogen-bond donors (Lipinski definition) is 0. The number of nitrogens with zero attached hydrogens (tertiary/aromatic N) is 2. The van der Waals surface area contributed by atoms with Crippen molar-refractivity contribution in [2.75, 3.05) is 0 Å². The number of aryl methyl sites for hydroxylation is 1. The van der Waals surface area contributed by atoms with Crippen molar-refractivity contribution in [3.8, 4) is 0 Å². The molecule has 2 aromatic rings. The summed E-state index contributed by atoms with van der Waals surface area (Å²) in [6, 6.07) is 3.88. The van der Waals surface area contributed by atoms with Crippen LogP contribution in [-0.2, 0) is 0 Å². The summed E-state index contributed by atoms with van der Waals surface area (Å²) in [4.78, 5) is 9.46. The van der Waals surface area contributed by atoms with Gasteiger partial charge in [0.25, 0.3) is 0 Å². The van der Waals surface area contributed by atoms with E-state index in [9.17, 15) is 0 Å². The minimum absolute atomic E-state index is 1.00. The minimum atomic E-state index is 1.00. The van der Waals surface area contributed by atoms with Crippen molar-refractivity contribution in [1.82, 2.24) is 9.97 Å². The van der Waals surface area contributed by atoms with Crippen LogP contribution < -0.4 is 0 Å². The van der Waals surface area contributed by atoms with E-state index in [1.807, 2.05) is 32.9 Å². The van der Waals surface area contributed by atoms with E-state index in [1.165, 1.54) is 0 Å². The molecule has 0 N–H and O–H groups in total. The Balaban J connectivity index is 0.000000336. The fourth-order valence-corrected chi connectivity index (χ4v) is 1.63. The molecule has 0 saturated carbocycles. The zero-order chi connectivity index (χ0) is 8.97. The first kappa shape index (κ1) is 9.13. The van der Waals surface area contributed by atoms with Crippen molar-refractivity contribution in [2.24, 2.45) is 0 Å². The number of fused-ring (bicyclic) bond motifs is 1. The molecule has 0 bridgehead atoms. The van der Waals surface area contributed by atoms with Gasteiger partial charge in [-0.3, -0.25) is 0 Å². The van der Waals surface area contributed by atoms with Gasteiger partial charge in [0.1, 0.15) is 10.3 Å². The topological polar surface area (TPSA) is 25.8 Å². The summed E-state index contributed by atoms with van der Waals surface area (Å²) in [6.45, 7) is 5.99. The van der Waals surface area contributed by atoms with Crippen LogP contribution in [0.4, 0.5) is 0 Å². The first-order valence-electron chi connectivity index (χ1n) is 4.04. The maximum atomic E-state index is 4.27. The average Bonchev–Trinajstić information content (AvgIpc) is 2.48. The first-order chi connectivity index (χ1) is 5.86. The van der Waals surface area contributed by atoms with Gasteiger partial charge in [-0.25, -0.2) is 9.97 Å². The van der Waals surface area contributed by atoms with Crippen molar-refractivity contribution in [3.05, 3.63) is 23.3 Å². The normalized spacial score (nSPS) is 9.25. The lowest BCUT2D eigenvalue weighted by molar-refractivity contribution is 1.33. The molecule has 0 aliphatic rings. The van der Waals surface area contributed by atoms with Gasteiger partial charge in [-0.15, -0.1) is 0 Å². The molecule has 0 spiro atoms. The van der Waals surface area contributed by atoms with Crippen molar-refractivity contribution in [2.45, 2.75) is 20.8 Å². The largest absolute Gasteiger partial charge is 0.244 e. The van der Waals surface area contributed by atoms with Crippen LogP contribution in [0.5, 0.6) is 0 Å². The van der Waals surface area contributed by atoms with E-state index < -0.39 is 0 Å². The standard InChI is InChI=1S/C7H6N2S.C2H6/c1-5-9-6-3-2-4-8-7(6)10-5;1-2/h2-4H,1H3;1-2H3. The van der Waals surface area contributed by atoms with Crippen LogP contribution in [0.2, 0.25) is 0 Å². The van der Waals surface area contributed by atoms with Gasteiger partial charge in [0.05, 0.1) is 5.01 Å². The van der Waals surface area contributed by atoms with Crippen LogP contribution in [0.3, 0.4) is 0 Å². The third-order valence-corrected chi connectivity index (χ3v) is 2.17. The molecule has 0 unspecified atom stereocenters. The molecule has 2 rings (SSSR count). The number of pyridine rings is 1. The van der Waals surface area contributed by atoms with E-state index in [0.717, 1.165) is 15.4 Å². The van der Waals surface area contributed by atoms with E-state index in [1.54, 1.807) is 17.5 Å². The minimum Gasteiger partial charge on any atom is -0.244 e. The quantitative estimate of drug-likeness (QED) is 0.622. The van der Waals surface area contributed by atoms with Crippen LogP contribution in [-0.4, -0.2) is 9.97 Å². The summed E-state index contributed by atoms with van der Waals surface area (Å²) in [5, 5.41) is 1.08. The van der Waals surface area contributed by atoms with Gasteiger partial charge in [0.15, 0.2) is 0 Å². The Morgan fingerprint density at radius 3 is 2.75 bits per heavy atom. The Labute approximate surface area is 76.3 Å². The molecule has 0 aliphatic heterocycles. The zero-order valence-electron chi connectivity index (χ0n) is 7.53. The van der Waals surface area contributed by atoms with Crippen molar-refractivity contribution in [3.63, 3.8) is 0 Å². The van der Waals surface area contributed by atoms with Gasteiger partial charge in [0.2, 0.25) is 0 Å². The van der Waals surface area contributed by atoms with Gasteiger partial charge < -0.3 is 0 Å². The molecule has 2 heterocycles. The molecule has 2 aromatic heterocycles. The smallest absolute Gasteiger partial charge is 0.143 e. The number of hydrogen-bond acceptors (Lipinski definition) is 3. The van der Waals surface area contributed by atoms with E-state index >= 15 is 0 Å². The van der Waals surface area contributed by atoms with Gasteiger partial charge in [-0.2, -0.15) is 0 Å². The van der Waals surface area contributed by atoms with E-state index in [-0.39, 0.29) is 0 Å². The van der Waals surface area contributed by atoms with E-state index in [4.69, 9.17) is 0 Å². The lowest BCUT2D eigenvalue weighted by Crippen LogP contribution is -1.69. The molecular weight excluding hydrogens is 168 g/mol. The average molecular weight is 180 g/mol. The Bertz CT molecular complexity index is 321. The third kappa shape index (κ3) is 1.80. The van der Waals surface area contributed by atoms with Gasteiger partial charge in [-0.05, 0) is 19.1 Å². The Morgan fingerprint density at radius 2 is 2.08 bits per heavy atom. The molecule has 64 valence electrons. The van der Waals surface area contributed by atoms with Crippen LogP contribution >= 0.6 is 11.3 Å². The molecular formula is C9H12N2S. The molecule has 2 nitrogen and oxygen atoms in total. The Hall–Kier alpha value is -0.960. The molecule has 0 aromatic carbocycles. The van der Waals surface area contributed by atoms with Crippen LogP contribution in [0, 0.1) is 6.92 Å². The summed E-state index contributed by atoms with van der Waals surface area (Å²) in [5.41, 5.74) is 1.00. The Kier molecular flexibility index (Phi) is 3.17. The molecule has 0 atom stereocenters. The zero-order valence-corrected chi connectivity index (χ0v) is 8.35. The highest BCUT2D eigenvalue weighted by Gasteiger charge is 1.97. The highest BCUT2D eigenvalue weighted by atomic mass is 32.1. The SMILES string of the molecule is CC.Cc1nc2cccnc2s1. The predicted molar refractivity (Wildman–Crippen MR) is 53.5 cm³/mol. The molecule has 0 amide bonds. The van der Waals surface area contributed by atoms with Crippen LogP contribution in [0.15, 0.2) is 18.3 Å². The van der Waals surface area contributed by atoms with Gasteiger partial charge in [-0.1, -0.05) is 25.2 Å². The summed E-state index contributed by atoms with van der Waals surface area (Å²) in [7, 11) is 0. The predicted octanol–water partition coefficient (Wildman–Crippen LogP) is 3.03. The van der Waals surface area contributed by atoms with E-state index in [2.05, 4.69) is 9.97 Å². The van der Waals surface area contributed by atoms with Gasteiger partial charge in [0, 0.05) is 6.20 Å². The summed E-state index contributed by atoms with van der Waals surface area (Å²) < 4.78 is 0. The second-order valence-corrected chi connectivity index (χ2v) is 3.24. The highest BCUT2D eigenvalue weighted by molar-refractivity contribution is 7.18. The van der Waals surface area contributed by atoms with Crippen LogP contribution in [0.25, 0.3) is 10.3 Å². The molecule has 0 saturated heterocycles. The summed E-state index contributed by atoms with van der Waals surface area (Å²) >= 11 is 1.63. The van der Waals surface area contributed by atoms with E-state index in [0.29, 0.717) is 0 Å². The number of thiazole rings is 1. The maximum Gasteiger partial charge on any atom is 0.143 e. The fraction of sp³-hybridized carbons (Fsp3) is 0.333. The number of aromatic nitrogens is 2. The lowest BCUT2D eigenvalue weighted by Gasteiger charge is -1.80. The highest BCUT2D eigenvalue weighted by Crippen LogP contribution is 2.17. The summed E-state index contributed by atoms with van der Waals surface area (Å²) in [6.07, 6.45) is 1.79. The first-order valence-corrected chi connectivity index (χ1v) is 4.86. The molecule has 12 heavy (non-hydrogen) atoms. The second kappa shape index (κ2) is 4.16. The number of rotatable bonds is 0. The third-order valence-electron chi connectivity index (χ3n) is 1.27. The molecule has 0 aliphatic carbocycles. The van der Waals surface area contributed by atoms with Crippen molar-refractivity contribution in [1.29, 1.82) is 0 Å². The van der Waals surface area contributed by atoms with Gasteiger partial charge >= 0.3 is 0 Å². The second-order valence-electron chi connectivity index (χ2n) is 2.06. The lowest BCUT2D eigenvalue weighted by atomic mass is 10.5. The monoisotopic (exact) mass is 180 g/mol. The van der Waals surface area contributed by atoms with Crippen LogP contribution in [0.1, 0.15) is 18.9 Å². The maximum absolute atomic E-state index is 4.27. The Morgan fingerprint density at radius 1 is 1.33 bits per heavy atom. The molecule has 0 radical (unpaired) electrons. The fourth-order valence-electron chi connectivity index (χ4n) is 0.878. The van der Waals surface area contributed by atoms with Crippen molar-refractivity contribution >= 4 is 21.7 Å². The summed E-state index contributed by atoms with van der Waals surface area (Å²) in [5.74, 6) is 0. The molecule has 0 fully saturated rings. The molecule has 3 heteroatoms. The van der Waals surface area contributed by atoms with Crippen molar-refractivity contribution < 1.29 is 0 Å².